The Balaban J connectivity index is 1.65. The Kier molecular flexibility index (Phi) is 6.50. The van der Waals surface area contributed by atoms with Gasteiger partial charge in [0.2, 0.25) is 17.7 Å². The molecule has 164 valence electrons. The van der Waals surface area contributed by atoms with Gasteiger partial charge in [0.05, 0.1) is 13.1 Å². The number of amides is 3. The number of carbonyl (C=O) groups excluding carboxylic acids is 3. The number of likely N-dealkylation sites (N-methyl/N-ethyl adjacent to an activating group) is 2. The fraction of sp³-hybridized carbons (Fsp3) is 0.609. The van der Waals surface area contributed by atoms with Crippen molar-refractivity contribution in [3.63, 3.8) is 0 Å². The molecule has 30 heavy (non-hydrogen) atoms. The Morgan fingerprint density at radius 1 is 1.07 bits per heavy atom. The van der Waals surface area contributed by atoms with E-state index < -0.39 is 0 Å². The van der Waals surface area contributed by atoms with Crippen LogP contribution in [0.1, 0.15) is 37.7 Å². The van der Waals surface area contributed by atoms with Crippen molar-refractivity contribution in [3.8, 4) is 0 Å². The molecule has 0 radical (unpaired) electrons. The second-order valence-electron chi connectivity index (χ2n) is 9.14. The Morgan fingerprint density at radius 3 is 2.27 bits per heavy atom. The minimum Gasteiger partial charge on any atom is -0.358 e. The standard InChI is InChI=1S/C23H34N4O3/c1-24-19(28)15-26(4)21(30)16-27-17-22(14-20(27)29)10-12-23(13-11-22,25(2)3)18-8-6-5-7-9-18/h5-9H,10-17H2,1-4H3,(H,24,28). The third-order valence-corrected chi connectivity index (χ3v) is 7.12. The molecular weight excluding hydrogens is 380 g/mol. The molecule has 1 N–H and O–H groups in total. The summed E-state index contributed by atoms with van der Waals surface area (Å²) in [7, 11) is 7.41. The average Bonchev–Trinajstić information content (AvgIpc) is 3.03. The van der Waals surface area contributed by atoms with E-state index in [2.05, 4.69) is 48.6 Å². The smallest absolute Gasteiger partial charge is 0.242 e. The Hall–Kier alpha value is -2.41. The lowest BCUT2D eigenvalue weighted by atomic mass is 9.64. The van der Waals surface area contributed by atoms with Gasteiger partial charge in [0.1, 0.15) is 0 Å². The summed E-state index contributed by atoms with van der Waals surface area (Å²) in [5.74, 6) is -0.372. The normalized spacial score (nSPS) is 26.3. The van der Waals surface area contributed by atoms with E-state index in [1.807, 2.05) is 6.07 Å². The van der Waals surface area contributed by atoms with Crippen LogP contribution in [0.3, 0.4) is 0 Å². The second-order valence-corrected chi connectivity index (χ2v) is 9.14. The summed E-state index contributed by atoms with van der Waals surface area (Å²) in [5, 5.41) is 2.51. The molecule has 7 heteroatoms. The molecule has 2 fully saturated rings. The van der Waals surface area contributed by atoms with Gasteiger partial charge in [-0.25, -0.2) is 0 Å². The Bertz CT molecular complexity index is 785. The molecule has 0 bridgehead atoms. The number of nitrogens with one attached hydrogen (secondary N) is 1. The van der Waals surface area contributed by atoms with Crippen molar-refractivity contribution < 1.29 is 14.4 Å². The van der Waals surface area contributed by atoms with Crippen LogP contribution in [0.25, 0.3) is 0 Å². The number of likely N-dealkylation sites (tertiary alicyclic amines) is 1. The molecule has 0 aromatic heterocycles. The van der Waals surface area contributed by atoms with Crippen LogP contribution >= 0.6 is 0 Å². The summed E-state index contributed by atoms with van der Waals surface area (Å²) in [6.45, 7) is 0.681. The van der Waals surface area contributed by atoms with Crippen LogP contribution in [-0.2, 0) is 19.9 Å². The summed E-state index contributed by atoms with van der Waals surface area (Å²) >= 11 is 0. The molecule has 1 aromatic carbocycles. The van der Waals surface area contributed by atoms with Crippen molar-refractivity contribution in [2.75, 3.05) is 47.8 Å². The van der Waals surface area contributed by atoms with Crippen molar-refractivity contribution in [3.05, 3.63) is 35.9 Å². The average molecular weight is 415 g/mol. The number of rotatable bonds is 6. The van der Waals surface area contributed by atoms with Gasteiger partial charge >= 0.3 is 0 Å². The number of hydrogen-bond acceptors (Lipinski definition) is 4. The van der Waals surface area contributed by atoms with Gasteiger partial charge in [0.25, 0.3) is 0 Å². The second kappa shape index (κ2) is 8.76. The third kappa shape index (κ3) is 4.36. The highest BCUT2D eigenvalue weighted by atomic mass is 16.2. The summed E-state index contributed by atoms with van der Waals surface area (Å²) < 4.78 is 0. The zero-order valence-electron chi connectivity index (χ0n) is 18.6. The quantitative estimate of drug-likeness (QED) is 0.765. The van der Waals surface area contributed by atoms with Gasteiger partial charge in [-0.15, -0.1) is 0 Å². The van der Waals surface area contributed by atoms with Gasteiger partial charge < -0.3 is 15.1 Å². The number of carbonyl (C=O) groups is 3. The maximum Gasteiger partial charge on any atom is 0.242 e. The minimum absolute atomic E-state index is 0.00490. The molecule has 7 nitrogen and oxygen atoms in total. The lowest BCUT2D eigenvalue weighted by molar-refractivity contribution is -0.139. The van der Waals surface area contributed by atoms with Crippen molar-refractivity contribution >= 4 is 17.7 Å². The van der Waals surface area contributed by atoms with Crippen LogP contribution < -0.4 is 5.32 Å². The predicted molar refractivity (Wildman–Crippen MR) is 116 cm³/mol. The van der Waals surface area contributed by atoms with Crippen LogP contribution in [0.2, 0.25) is 0 Å². The van der Waals surface area contributed by atoms with Crippen molar-refractivity contribution in [2.45, 2.75) is 37.6 Å². The number of hydrogen-bond donors (Lipinski definition) is 1. The first kappa shape index (κ1) is 22.3. The van der Waals surface area contributed by atoms with Gasteiger partial charge in [0, 0.05) is 32.6 Å². The van der Waals surface area contributed by atoms with Crippen LogP contribution in [0.5, 0.6) is 0 Å². The van der Waals surface area contributed by atoms with E-state index in [-0.39, 0.29) is 41.8 Å². The highest BCUT2D eigenvalue weighted by molar-refractivity contribution is 5.89. The number of nitrogens with zero attached hydrogens (tertiary/aromatic N) is 3. The molecule has 2 aliphatic rings. The summed E-state index contributed by atoms with van der Waals surface area (Å²) in [5.41, 5.74) is 1.27. The largest absolute Gasteiger partial charge is 0.358 e. The van der Waals surface area contributed by atoms with Gasteiger partial charge in [-0.1, -0.05) is 30.3 Å². The zero-order chi connectivity index (χ0) is 21.9. The molecule has 3 rings (SSSR count). The summed E-state index contributed by atoms with van der Waals surface area (Å²) in [6.07, 6.45) is 4.43. The highest BCUT2D eigenvalue weighted by Crippen LogP contribution is 2.52. The Labute approximate surface area is 179 Å². The molecule has 1 heterocycles. The van der Waals surface area contributed by atoms with Crippen LogP contribution in [0.4, 0.5) is 0 Å². The fourth-order valence-corrected chi connectivity index (χ4v) is 5.06. The lowest BCUT2D eigenvalue weighted by Gasteiger charge is -2.48. The SMILES string of the molecule is CNC(=O)CN(C)C(=O)CN1CC2(CCC(c3ccccc3)(N(C)C)CC2)CC1=O. The molecule has 0 unspecified atom stereocenters. The van der Waals surface area contributed by atoms with E-state index >= 15 is 0 Å². The summed E-state index contributed by atoms with van der Waals surface area (Å²) in [6, 6.07) is 10.6. The fourth-order valence-electron chi connectivity index (χ4n) is 5.06. The van der Waals surface area contributed by atoms with Crippen molar-refractivity contribution in [1.29, 1.82) is 0 Å². The molecule has 1 aliphatic heterocycles. The molecule has 1 spiro atoms. The van der Waals surface area contributed by atoms with Crippen LogP contribution in [-0.4, -0.2) is 80.2 Å². The van der Waals surface area contributed by atoms with E-state index in [0.717, 1.165) is 25.7 Å². The van der Waals surface area contributed by atoms with Crippen LogP contribution in [0.15, 0.2) is 30.3 Å². The first-order valence-electron chi connectivity index (χ1n) is 10.7. The minimum atomic E-state index is -0.219. The van der Waals surface area contributed by atoms with Crippen molar-refractivity contribution in [2.24, 2.45) is 5.41 Å². The molecule has 0 atom stereocenters. The molecule has 1 saturated carbocycles. The maximum atomic E-state index is 12.7. The maximum absolute atomic E-state index is 12.7. The van der Waals surface area contributed by atoms with E-state index in [1.54, 1.807) is 19.0 Å². The molecule has 1 aliphatic carbocycles. The van der Waals surface area contributed by atoms with E-state index in [0.29, 0.717) is 13.0 Å². The highest BCUT2D eigenvalue weighted by Gasteiger charge is 2.50. The van der Waals surface area contributed by atoms with Crippen LogP contribution in [0, 0.1) is 5.41 Å². The predicted octanol–water partition coefficient (Wildman–Crippen LogP) is 1.44. The molecule has 3 amide bonds. The monoisotopic (exact) mass is 414 g/mol. The van der Waals surface area contributed by atoms with Gasteiger partial charge in [0.15, 0.2) is 0 Å². The molecule has 1 saturated heterocycles. The van der Waals surface area contributed by atoms with E-state index in [4.69, 9.17) is 0 Å². The van der Waals surface area contributed by atoms with Gasteiger partial charge in [-0.05, 0) is 50.8 Å². The molecule has 1 aromatic rings. The number of benzene rings is 1. The van der Waals surface area contributed by atoms with Gasteiger partial charge in [-0.2, -0.15) is 0 Å². The van der Waals surface area contributed by atoms with Gasteiger partial charge in [-0.3, -0.25) is 19.3 Å². The topological polar surface area (TPSA) is 73.0 Å². The third-order valence-electron chi connectivity index (χ3n) is 7.12. The summed E-state index contributed by atoms with van der Waals surface area (Å²) in [4.78, 5) is 42.1. The zero-order valence-corrected chi connectivity index (χ0v) is 18.6. The molecular formula is C23H34N4O3. The van der Waals surface area contributed by atoms with E-state index in [9.17, 15) is 14.4 Å². The Morgan fingerprint density at radius 2 is 1.70 bits per heavy atom. The van der Waals surface area contributed by atoms with Crippen molar-refractivity contribution in [1.82, 2.24) is 20.0 Å². The first-order chi connectivity index (χ1) is 14.2. The lowest BCUT2D eigenvalue weighted by Crippen LogP contribution is -2.48. The van der Waals surface area contributed by atoms with E-state index in [1.165, 1.54) is 10.5 Å². The first-order valence-corrected chi connectivity index (χ1v) is 10.7.